The Morgan fingerprint density at radius 3 is 2.50 bits per heavy atom. The van der Waals surface area contributed by atoms with Gasteiger partial charge in [0, 0.05) is 34.4 Å². The number of aryl methyl sites for hydroxylation is 2. The van der Waals surface area contributed by atoms with Crippen LogP contribution in [-0.2, 0) is 4.79 Å². The van der Waals surface area contributed by atoms with E-state index in [1.807, 2.05) is 38.1 Å². The monoisotopic (exact) mass is 336 g/mol. The number of amides is 1. The molecule has 0 aliphatic carbocycles. The highest BCUT2D eigenvalue weighted by molar-refractivity contribution is 6.31. The number of carbonyl (C=O) groups excluding carboxylic acids is 1. The van der Waals surface area contributed by atoms with Crippen molar-refractivity contribution in [3.05, 3.63) is 57.6 Å². The van der Waals surface area contributed by atoms with Crippen LogP contribution in [0.4, 0.5) is 11.4 Å². The molecular formula is C17H18Cl2N2O. The van der Waals surface area contributed by atoms with Crippen molar-refractivity contribution in [3.63, 3.8) is 0 Å². The lowest BCUT2D eigenvalue weighted by Crippen LogP contribution is -2.16. The molecule has 0 saturated heterocycles. The minimum atomic E-state index is -0.0592. The number of rotatable bonds is 5. The summed E-state index contributed by atoms with van der Waals surface area (Å²) in [5, 5.41) is 7.37. The average molecular weight is 337 g/mol. The lowest BCUT2D eigenvalue weighted by Gasteiger charge is -2.10. The van der Waals surface area contributed by atoms with Gasteiger partial charge in [-0.3, -0.25) is 4.79 Å². The van der Waals surface area contributed by atoms with E-state index in [4.69, 9.17) is 23.2 Å². The molecule has 3 nitrogen and oxygen atoms in total. The van der Waals surface area contributed by atoms with Crippen molar-refractivity contribution in [2.75, 3.05) is 17.2 Å². The van der Waals surface area contributed by atoms with Crippen molar-refractivity contribution < 1.29 is 4.79 Å². The SMILES string of the molecule is Cc1ccc(NCCC(=O)Nc2cc(Cl)ccc2C)cc1Cl. The van der Waals surface area contributed by atoms with Crippen LogP contribution in [0.3, 0.4) is 0 Å². The van der Waals surface area contributed by atoms with Crippen molar-refractivity contribution >= 4 is 40.5 Å². The first-order valence-electron chi connectivity index (χ1n) is 7.02. The predicted molar refractivity (Wildman–Crippen MR) is 94.1 cm³/mol. The van der Waals surface area contributed by atoms with E-state index in [-0.39, 0.29) is 5.91 Å². The molecule has 22 heavy (non-hydrogen) atoms. The van der Waals surface area contributed by atoms with Crippen molar-refractivity contribution in [1.82, 2.24) is 0 Å². The Hall–Kier alpha value is -1.71. The van der Waals surface area contributed by atoms with Gasteiger partial charge in [0.05, 0.1) is 0 Å². The maximum absolute atomic E-state index is 12.0. The molecule has 0 aromatic heterocycles. The van der Waals surface area contributed by atoms with Gasteiger partial charge in [-0.05, 0) is 49.2 Å². The zero-order valence-corrected chi connectivity index (χ0v) is 14.1. The fourth-order valence-corrected chi connectivity index (χ4v) is 2.32. The lowest BCUT2D eigenvalue weighted by molar-refractivity contribution is -0.115. The average Bonchev–Trinajstić information content (AvgIpc) is 2.47. The summed E-state index contributed by atoms with van der Waals surface area (Å²) in [6.07, 6.45) is 0.359. The molecule has 0 saturated carbocycles. The van der Waals surface area contributed by atoms with Crippen LogP contribution >= 0.6 is 23.2 Å². The summed E-state index contributed by atoms with van der Waals surface area (Å²) in [6, 6.07) is 11.2. The molecule has 0 heterocycles. The molecule has 5 heteroatoms. The van der Waals surface area contributed by atoms with E-state index in [0.29, 0.717) is 23.0 Å². The quantitative estimate of drug-likeness (QED) is 0.801. The van der Waals surface area contributed by atoms with E-state index in [1.165, 1.54) is 0 Å². The van der Waals surface area contributed by atoms with E-state index >= 15 is 0 Å². The highest BCUT2D eigenvalue weighted by Gasteiger charge is 2.06. The highest BCUT2D eigenvalue weighted by atomic mass is 35.5. The van der Waals surface area contributed by atoms with Crippen LogP contribution in [0, 0.1) is 13.8 Å². The molecule has 2 rings (SSSR count). The summed E-state index contributed by atoms with van der Waals surface area (Å²) < 4.78 is 0. The Labute approximate surface area is 140 Å². The molecule has 2 N–H and O–H groups in total. The number of halogens is 2. The first-order valence-corrected chi connectivity index (χ1v) is 7.77. The third-order valence-electron chi connectivity index (χ3n) is 3.33. The number of anilines is 2. The number of carbonyl (C=O) groups is 1. The summed E-state index contributed by atoms with van der Waals surface area (Å²) in [4.78, 5) is 12.0. The van der Waals surface area contributed by atoms with Gasteiger partial charge in [-0.1, -0.05) is 35.3 Å². The molecule has 0 unspecified atom stereocenters. The van der Waals surface area contributed by atoms with Gasteiger partial charge in [-0.2, -0.15) is 0 Å². The first kappa shape index (κ1) is 16.7. The van der Waals surface area contributed by atoms with Crippen LogP contribution in [0.2, 0.25) is 10.0 Å². The summed E-state index contributed by atoms with van der Waals surface area (Å²) in [6.45, 7) is 4.41. The van der Waals surface area contributed by atoms with Crippen molar-refractivity contribution in [1.29, 1.82) is 0 Å². The molecule has 0 atom stereocenters. The summed E-state index contributed by atoms with van der Waals surface area (Å²) >= 11 is 12.0. The Kier molecular flexibility index (Phi) is 5.69. The standard InChI is InChI=1S/C17H18Cl2N2O/c1-11-4-6-14(10-15(11)19)20-8-7-17(22)21-16-9-13(18)5-3-12(16)2/h3-6,9-10,20H,7-8H2,1-2H3,(H,21,22). The molecule has 116 valence electrons. The van der Waals surface area contributed by atoms with Gasteiger partial charge in [0.2, 0.25) is 5.91 Å². The van der Waals surface area contributed by atoms with E-state index in [2.05, 4.69) is 10.6 Å². The van der Waals surface area contributed by atoms with E-state index < -0.39 is 0 Å². The van der Waals surface area contributed by atoms with E-state index in [9.17, 15) is 4.79 Å². The molecule has 0 radical (unpaired) electrons. The molecule has 0 aliphatic heterocycles. The zero-order valence-electron chi connectivity index (χ0n) is 12.5. The molecule has 0 bridgehead atoms. The third kappa shape index (κ3) is 4.65. The smallest absolute Gasteiger partial charge is 0.226 e. The molecular weight excluding hydrogens is 319 g/mol. The molecule has 0 spiro atoms. The van der Waals surface area contributed by atoms with Gasteiger partial charge in [-0.15, -0.1) is 0 Å². The number of nitrogens with one attached hydrogen (secondary N) is 2. The van der Waals surface area contributed by atoms with Crippen LogP contribution in [0.25, 0.3) is 0 Å². The van der Waals surface area contributed by atoms with Gasteiger partial charge < -0.3 is 10.6 Å². The number of hydrogen-bond acceptors (Lipinski definition) is 2. The Balaban J connectivity index is 1.85. The molecule has 0 fully saturated rings. The molecule has 0 aliphatic rings. The van der Waals surface area contributed by atoms with Crippen molar-refractivity contribution in [3.8, 4) is 0 Å². The normalized spacial score (nSPS) is 10.4. The van der Waals surface area contributed by atoms with Crippen LogP contribution in [0.1, 0.15) is 17.5 Å². The van der Waals surface area contributed by atoms with Gasteiger partial charge in [-0.25, -0.2) is 0 Å². The summed E-state index contributed by atoms with van der Waals surface area (Å²) in [5.41, 5.74) is 3.66. The van der Waals surface area contributed by atoms with Gasteiger partial charge in [0.15, 0.2) is 0 Å². The minimum Gasteiger partial charge on any atom is -0.384 e. The maximum atomic E-state index is 12.0. The highest BCUT2D eigenvalue weighted by Crippen LogP contribution is 2.21. The molecule has 2 aromatic rings. The van der Waals surface area contributed by atoms with Crippen LogP contribution in [-0.4, -0.2) is 12.5 Å². The maximum Gasteiger partial charge on any atom is 0.226 e. The molecule has 2 aromatic carbocycles. The van der Waals surface area contributed by atoms with Gasteiger partial charge >= 0.3 is 0 Å². The number of hydrogen-bond donors (Lipinski definition) is 2. The second kappa shape index (κ2) is 7.52. The number of benzene rings is 2. The zero-order chi connectivity index (χ0) is 16.1. The lowest BCUT2D eigenvalue weighted by atomic mass is 10.2. The fraction of sp³-hybridized carbons (Fsp3) is 0.235. The third-order valence-corrected chi connectivity index (χ3v) is 3.97. The second-order valence-corrected chi connectivity index (χ2v) is 5.99. The summed E-state index contributed by atoms with van der Waals surface area (Å²) in [7, 11) is 0. The van der Waals surface area contributed by atoms with Crippen LogP contribution in [0.5, 0.6) is 0 Å². The summed E-state index contributed by atoms with van der Waals surface area (Å²) in [5.74, 6) is -0.0592. The van der Waals surface area contributed by atoms with Gasteiger partial charge in [0.25, 0.3) is 0 Å². The van der Waals surface area contributed by atoms with Crippen molar-refractivity contribution in [2.24, 2.45) is 0 Å². The minimum absolute atomic E-state index is 0.0592. The van der Waals surface area contributed by atoms with E-state index in [0.717, 1.165) is 22.5 Å². The van der Waals surface area contributed by atoms with Crippen molar-refractivity contribution in [2.45, 2.75) is 20.3 Å². The Morgan fingerprint density at radius 1 is 1.05 bits per heavy atom. The first-order chi connectivity index (χ1) is 10.5. The van der Waals surface area contributed by atoms with E-state index in [1.54, 1.807) is 12.1 Å². The fourth-order valence-electron chi connectivity index (χ4n) is 1.96. The Morgan fingerprint density at radius 2 is 1.77 bits per heavy atom. The van der Waals surface area contributed by atoms with Crippen LogP contribution < -0.4 is 10.6 Å². The molecule has 1 amide bonds. The Bertz CT molecular complexity index is 686. The topological polar surface area (TPSA) is 41.1 Å². The largest absolute Gasteiger partial charge is 0.384 e. The predicted octanol–water partition coefficient (Wildman–Crippen LogP) is 5.05. The second-order valence-electron chi connectivity index (χ2n) is 5.15. The van der Waals surface area contributed by atoms with Gasteiger partial charge in [0.1, 0.15) is 0 Å². The van der Waals surface area contributed by atoms with Crippen LogP contribution in [0.15, 0.2) is 36.4 Å².